The highest BCUT2D eigenvalue weighted by Gasteiger charge is 2.31. The Kier molecular flexibility index (Phi) is 4.48. The molecule has 1 aliphatic rings. The van der Waals surface area contributed by atoms with Gasteiger partial charge in [-0.05, 0) is 25.0 Å². The van der Waals surface area contributed by atoms with E-state index < -0.39 is 22.1 Å². The predicted octanol–water partition coefficient (Wildman–Crippen LogP) is 1.27. The lowest BCUT2D eigenvalue weighted by molar-refractivity contribution is -0.114. The first-order chi connectivity index (χ1) is 11.8. The smallest absolute Gasteiger partial charge is 0.337 e. The zero-order valence-electron chi connectivity index (χ0n) is 13.6. The topological polar surface area (TPSA) is 122 Å². The molecule has 0 unspecified atom stereocenters. The largest absolute Gasteiger partial charge is 0.478 e. The Labute approximate surface area is 144 Å². The molecular formula is C15H18N4O5S. The van der Waals surface area contributed by atoms with Crippen LogP contribution in [0.4, 0.5) is 5.95 Å². The van der Waals surface area contributed by atoms with Crippen LogP contribution in [0.5, 0.6) is 0 Å². The van der Waals surface area contributed by atoms with Crippen molar-refractivity contribution in [1.82, 2.24) is 13.3 Å². The van der Waals surface area contributed by atoms with Gasteiger partial charge in [0, 0.05) is 20.0 Å². The standard InChI is InChI=1S/C15H18N4O5S/c1-10(20)16-15-17-13-11(14(21)22)6-5-7-12(13)19(15)25(23,24)18-8-3-2-4-9-18/h5-7H,2-4,8-9H2,1H3,(H,21,22)(H,16,17,20). The van der Waals surface area contributed by atoms with Gasteiger partial charge in [-0.2, -0.15) is 16.7 Å². The minimum atomic E-state index is -3.98. The van der Waals surface area contributed by atoms with Crippen LogP contribution in [-0.2, 0) is 15.0 Å². The molecule has 25 heavy (non-hydrogen) atoms. The number of para-hydroxylation sites is 1. The van der Waals surface area contributed by atoms with E-state index in [0.717, 1.165) is 23.2 Å². The second-order valence-electron chi connectivity index (χ2n) is 5.83. The third-order valence-electron chi connectivity index (χ3n) is 4.03. The summed E-state index contributed by atoms with van der Waals surface area (Å²) in [5.74, 6) is -1.93. The molecule has 1 saturated heterocycles. The Morgan fingerprint density at radius 1 is 1.20 bits per heavy atom. The van der Waals surface area contributed by atoms with Gasteiger partial charge in [-0.15, -0.1) is 0 Å². The van der Waals surface area contributed by atoms with Crippen LogP contribution < -0.4 is 5.32 Å². The molecule has 1 fully saturated rings. The van der Waals surface area contributed by atoms with Crippen molar-refractivity contribution < 1.29 is 23.1 Å². The van der Waals surface area contributed by atoms with E-state index in [-0.39, 0.29) is 22.5 Å². The molecular weight excluding hydrogens is 348 g/mol. The minimum absolute atomic E-state index is 0.0133. The molecule has 134 valence electrons. The van der Waals surface area contributed by atoms with E-state index in [1.807, 2.05) is 0 Å². The van der Waals surface area contributed by atoms with Crippen molar-refractivity contribution in [2.24, 2.45) is 0 Å². The third kappa shape index (κ3) is 3.10. The Morgan fingerprint density at radius 3 is 2.48 bits per heavy atom. The summed E-state index contributed by atoms with van der Waals surface area (Å²) in [4.78, 5) is 27.0. The molecule has 1 aromatic heterocycles. The van der Waals surface area contributed by atoms with Crippen molar-refractivity contribution in [2.75, 3.05) is 18.4 Å². The fourth-order valence-corrected chi connectivity index (χ4v) is 4.58. The molecule has 0 spiro atoms. The Hall–Kier alpha value is -2.46. The highest BCUT2D eigenvalue weighted by atomic mass is 32.2. The van der Waals surface area contributed by atoms with Gasteiger partial charge in [0.1, 0.15) is 5.52 Å². The summed E-state index contributed by atoms with van der Waals surface area (Å²) in [6, 6.07) is 4.27. The first-order valence-corrected chi connectivity index (χ1v) is 9.25. The number of benzene rings is 1. The van der Waals surface area contributed by atoms with Crippen molar-refractivity contribution in [1.29, 1.82) is 0 Å². The monoisotopic (exact) mass is 366 g/mol. The van der Waals surface area contributed by atoms with E-state index >= 15 is 0 Å². The molecule has 9 nitrogen and oxygen atoms in total. The van der Waals surface area contributed by atoms with Gasteiger partial charge >= 0.3 is 16.2 Å². The molecule has 2 heterocycles. The van der Waals surface area contributed by atoms with E-state index in [1.54, 1.807) is 0 Å². The lowest BCUT2D eigenvalue weighted by Crippen LogP contribution is -2.39. The van der Waals surface area contributed by atoms with Crippen molar-refractivity contribution in [3.05, 3.63) is 23.8 Å². The van der Waals surface area contributed by atoms with Crippen molar-refractivity contribution in [2.45, 2.75) is 26.2 Å². The Balaban J connectivity index is 2.26. The van der Waals surface area contributed by atoms with E-state index in [4.69, 9.17) is 0 Å². The van der Waals surface area contributed by atoms with Gasteiger partial charge in [0.25, 0.3) is 0 Å². The summed E-state index contributed by atoms with van der Waals surface area (Å²) in [5, 5.41) is 11.7. The maximum absolute atomic E-state index is 13.1. The summed E-state index contributed by atoms with van der Waals surface area (Å²) >= 11 is 0. The number of hydrogen-bond acceptors (Lipinski definition) is 5. The van der Waals surface area contributed by atoms with Crippen molar-refractivity contribution in [3.8, 4) is 0 Å². The minimum Gasteiger partial charge on any atom is -0.478 e. The van der Waals surface area contributed by atoms with Crippen LogP contribution in [0, 0.1) is 0 Å². The number of aromatic carboxylic acids is 1. The van der Waals surface area contributed by atoms with Crippen molar-refractivity contribution >= 4 is 39.1 Å². The van der Waals surface area contributed by atoms with Crippen LogP contribution in [0.15, 0.2) is 18.2 Å². The fourth-order valence-electron chi connectivity index (χ4n) is 2.93. The van der Waals surface area contributed by atoms with Crippen LogP contribution in [0.3, 0.4) is 0 Å². The van der Waals surface area contributed by atoms with Crippen molar-refractivity contribution in [3.63, 3.8) is 0 Å². The normalized spacial score (nSPS) is 16.0. The molecule has 1 aliphatic heterocycles. The second-order valence-corrected chi connectivity index (χ2v) is 7.60. The average molecular weight is 366 g/mol. The fraction of sp³-hybridized carbons (Fsp3) is 0.400. The van der Waals surface area contributed by atoms with Gasteiger partial charge in [0.15, 0.2) is 0 Å². The number of amides is 1. The van der Waals surface area contributed by atoms with Gasteiger partial charge in [-0.25, -0.2) is 9.78 Å². The van der Waals surface area contributed by atoms with Gasteiger partial charge in [0.05, 0.1) is 11.1 Å². The Bertz CT molecular complexity index is 944. The second kappa shape index (κ2) is 6.45. The number of carboxylic acids is 1. The van der Waals surface area contributed by atoms with E-state index in [9.17, 15) is 23.1 Å². The molecule has 1 amide bonds. The number of nitrogens with zero attached hydrogens (tertiary/aromatic N) is 3. The van der Waals surface area contributed by atoms with Gasteiger partial charge in [-0.3, -0.25) is 10.1 Å². The molecule has 0 saturated carbocycles. The number of imidazole rings is 1. The first kappa shape index (κ1) is 17.4. The van der Waals surface area contributed by atoms with Crippen LogP contribution >= 0.6 is 0 Å². The summed E-state index contributed by atoms with van der Waals surface area (Å²) in [5.41, 5.74) is 0.00486. The number of hydrogen-bond donors (Lipinski definition) is 2. The summed E-state index contributed by atoms with van der Waals surface area (Å²) in [6.07, 6.45) is 2.46. The number of rotatable bonds is 4. The quantitative estimate of drug-likeness (QED) is 0.840. The number of piperidine rings is 1. The van der Waals surface area contributed by atoms with Gasteiger partial charge < -0.3 is 5.11 Å². The molecule has 3 rings (SSSR count). The molecule has 0 radical (unpaired) electrons. The van der Waals surface area contributed by atoms with Crippen LogP contribution in [0.25, 0.3) is 11.0 Å². The number of aromatic nitrogens is 2. The number of carboxylic acid groups (broad SMARTS) is 1. The maximum atomic E-state index is 13.1. The highest BCUT2D eigenvalue weighted by Crippen LogP contribution is 2.27. The van der Waals surface area contributed by atoms with Crippen LogP contribution in [0.2, 0.25) is 0 Å². The molecule has 1 aromatic carbocycles. The predicted molar refractivity (Wildman–Crippen MR) is 90.7 cm³/mol. The molecule has 10 heteroatoms. The highest BCUT2D eigenvalue weighted by molar-refractivity contribution is 7.87. The molecule has 2 N–H and O–H groups in total. The number of nitrogens with one attached hydrogen (secondary N) is 1. The zero-order valence-corrected chi connectivity index (χ0v) is 14.4. The first-order valence-electron chi connectivity index (χ1n) is 7.85. The van der Waals surface area contributed by atoms with Crippen LogP contribution in [0.1, 0.15) is 36.5 Å². The lowest BCUT2D eigenvalue weighted by Gasteiger charge is -2.26. The SMILES string of the molecule is CC(=O)Nc1nc2c(C(=O)O)cccc2n1S(=O)(=O)N1CCCCC1. The van der Waals surface area contributed by atoms with E-state index in [2.05, 4.69) is 10.3 Å². The van der Waals surface area contributed by atoms with E-state index in [1.165, 1.54) is 29.4 Å². The Morgan fingerprint density at radius 2 is 1.88 bits per heavy atom. The molecule has 0 atom stereocenters. The summed E-state index contributed by atoms with van der Waals surface area (Å²) in [7, 11) is -3.98. The lowest BCUT2D eigenvalue weighted by atomic mass is 10.2. The molecule has 0 bridgehead atoms. The number of anilines is 1. The average Bonchev–Trinajstić information content (AvgIpc) is 2.93. The summed E-state index contributed by atoms with van der Waals surface area (Å²) < 4.78 is 28.4. The number of fused-ring (bicyclic) bond motifs is 1. The molecule has 2 aromatic rings. The summed E-state index contributed by atoms with van der Waals surface area (Å²) in [6.45, 7) is 1.98. The number of carbonyl (C=O) groups is 2. The molecule has 0 aliphatic carbocycles. The van der Waals surface area contributed by atoms with Gasteiger partial charge in [-0.1, -0.05) is 12.5 Å². The zero-order chi connectivity index (χ0) is 18.2. The van der Waals surface area contributed by atoms with E-state index in [0.29, 0.717) is 13.1 Å². The maximum Gasteiger partial charge on any atom is 0.337 e. The van der Waals surface area contributed by atoms with Crippen LogP contribution in [-0.4, -0.2) is 51.8 Å². The number of carbonyl (C=O) groups excluding carboxylic acids is 1. The van der Waals surface area contributed by atoms with Gasteiger partial charge in [0.2, 0.25) is 11.9 Å². The third-order valence-corrected chi connectivity index (χ3v) is 5.88.